The van der Waals surface area contributed by atoms with Crippen molar-refractivity contribution in [1.82, 2.24) is 4.57 Å². The molecule has 1 aromatic heterocycles. The Bertz CT molecular complexity index is 686. The number of aryl methyl sites for hydroxylation is 1. The smallest absolute Gasteiger partial charge is 0.202 e. The van der Waals surface area contributed by atoms with Gasteiger partial charge in [0.15, 0.2) is 5.88 Å². The summed E-state index contributed by atoms with van der Waals surface area (Å²) in [4.78, 5) is 0. The van der Waals surface area contributed by atoms with Crippen LogP contribution in [0.4, 0.5) is 0 Å². The van der Waals surface area contributed by atoms with Crippen LogP contribution in [0.25, 0.3) is 11.1 Å². The molecule has 0 atom stereocenters. The van der Waals surface area contributed by atoms with E-state index in [0.717, 1.165) is 29.5 Å². The lowest BCUT2D eigenvalue weighted by atomic mass is 9.88. The first-order valence-corrected chi connectivity index (χ1v) is 7.27. The van der Waals surface area contributed by atoms with Crippen LogP contribution in [0.5, 0.6) is 11.8 Å². The Balaban J connectivity index is 2.14. The molecule has 0 spiro atoms. The standard InChI is InChI=1S/C17H21NO3/c1-17(2,10-19)9-18-15(20)13-8-7-11-5-3-4-6-12(11)14(13)16(18)21/h3-6,19-21H,7-10H2,1-2H3. The van der Waals surface area contributed by atoms with Crippen molar-refractivity contribution >= 4 is 0 Å². The van der Waals surface area contributed by atoms with Gasteiger partial charge in [0.1, 0.15) is 0 Å². The van der Waals surface area contributed by atoms with E-state index in [0.29, 0.717) is 6.54 Å². The van der Waals surface area contributed by atoms with Crippen LogP contribution in [0, 0.1) is 5.41 Å². The highest BCUT2D eigenvalue weighted by Crippen LogP contribution is 2.46. The van der Waals surface area contributed by atoms with E-state index in [9.17, 15) is 15.3 Å². The molecule has 1 aromatic carbocycles. The fraction of sp³-hybridized carbons (Fsp3) is 0.412. The fourth-order valence-electron chi connectivity index (χ4n) is 3.03. The number of aliphatic hydroxyl groups excluding tert-OH is 1. The first-order valence-electron chi connectivity index (χ1n) is 7.27. The largest absolute Gasteiger partial charge is 0.494 e. The molecule has 112 valence electrons. The van der Waals surface area contributed by atoms with E-state index in [2.05, 4.69) is 6.07 Å². The van der Waals surface area contributed by atoms with E-state index < -0.39 is 5.41 Å². The molecular weight excluding hydrogens is 266 g/mol. The molecule has 1 aliphatic carbocycles. The van der Waals surface area contributed by atoms with Gasteiger partial charge in [0.05, 0.1) is 5.56 Å². The topological polar surface area (TPSA) is 65.6 Å². The lowest BCUT2D eigenvalue weighted by Gasteiger charge is -2.23. The first-order chi connectivity index (χ1) is 9.94. The third-order valence-electron chi connectivity index (χ3n) is 4.25. The van der Waals surface area contributed by atoms with Gasteiger partial charge < -0.3 is 15.3 Å². The van der Waals surface area contributed by atoms with Gasteiger partial charge in [-0.2, -0.15) is 0 Å². The maximum absolute atomic E-state index is 10.6. The predicted molar refractivity (Wildman–Crippen MR) is 81.5 cm³/mol. The maximum atomic E-state index is 10.6. The number of benzene rings is 1. The number of aromatic nitrogens is 1. The molecule has 4 nitrogen and oxygen atoms in total. The molecule has 0 saturated heterocycles. The number of aromatic hydroxyl groups is 2. The highest BCUT2D eigenvalue weighted by molar-refractivity contribution is 5.80. The number of aliphatic hydroxyl groups is 1. The molecule has 0 aliphatic heterocycles. The molecule has 2 aromatic rings. The normalized spacial score (nSPS) is 13.9. The van der Waals surface area contributed by atoms with Crippen LogP contribution in [0.15, 0.2) is 24.3 Å². The molecule has 0 fully saturated rings. The van der Waals surface area contributed by atoms with Crippen LogP contribution in [0.2, 0.25) is 0 Å². The monoisotopic (exact) mass is 287 g/mol. The zero-order valence-electron chi connectivity index (χ0n) is 12.4. The zero-order chi connectivity index (χ0) is 15.2. The highest BCUT2D eigenvalue weighted by Gasteiger charge is 2.30. The summed E-state index contributed by atoms with van der Waals surface area (Å²) in [5.41, 5.74) is 3.32. The second kappa shape index (κ2) is 4.81. The van der Waals surface area contributed by atoms with E-state index in [1.165, 1.54) is 10.1 Å². The minimum absolute atomic E-state index is 0.00862. The predicted octanol–water partition coefficient (Wildman–Crippen LogP) is 2.68. The third kappa shape index (κ3) is 2.20. The Hall–Kier alpha value is -1.94. The van der Waals surface area contributed by atoms with Crippen molar-refractivity contribution in [2.75, 3.05) is 6.61 Å². The van der Waals surface area contributed by atoms with Gasteiger partial charge in [-0.3, -0.25) is 4.57 Å². The molecule has 0 saturated carbocycles. The van der Waals surface area contributed by atoms with Crippen molar-refractivity contribution in [2.24, 2.45) is 5.41 Å². The first kappa shape index (κ1) is 14.0. The molecule has 1 aliphatic rings. The zero-order valence-corrected chi connectivity index (χ0v) is 12.4. The Morgan fingerprint density at radius 3 is 2.52 bits per heavy atom. The SMILES string of the molecule is CC(C)(CO)Cn1c(O)c2c(c1O)-c1ccccc1CC2. The molecule has 1 heterocycles. The summed E-state index contributed by atoms with van der Waals surface area (Å²) in [6.07, 6.45) is 1.59. The van der Waals surface area contributed by atoms with Gasteiger partial charge in [-0.15, -0.1) is 0 Å². The number of hydrogen-bond donors (Lipinski definition) is 3. The summed E-state index contributed by atoms with van der Waals surface area (Å²) in [5.74, 6) is 0.217. The number of hydrogen-bond acceptors (Lipinski definition) is 3. The van der Waals surface area contributed by atoms with Gasteiger partial charge in [-0.05, 0) is 24.0 Å². The van der Waals surface area contributed by atoms with Crippen molar-refractivity contribution in [1.29, 1.82) is 0 Å². The van der Waals surface area contributed by atoms with E-state index in [-0.39, 0.29) is 18.4 Å². The Morgan fingerprint density at radius 2 is 1.81 bits per heavy atom. The van der Waals surface area contributed by atoms with Crippen molar-refractivity contribution in [3.05, 3.63) is 35.4 Å². The van der Waals surface area contributed by atoms with Crippen LogP contribution >= 0.6 is 0 Å². The lowest BCUT2D eigenvalue weighted by molar-refractivity contribution is 0.134. The van der Waals surface area contributed by atoms with Crippen LogP contribution in [-0.4, -0.2) is 26.5 Å². The van der Waals surface area contributed by atoms with Crippen LogP contribution < -0.4 is 0 Å². The molecular formula is C17H21NO3. The van der Waals surface area contributed by atoms with Crippen molar-refractivity contribution in [3.8, 4) is 22.9 Å². The fourth-order valence-corrected chi connectivity index (χ4v) is 3.03. The summed E-state index contributed by atoms with van der Waals surface area (Å²) in [5, 5.41) is 30.5. The average Bonchev–Trinajstić information content (AvgIpc) is 2.72. The second-order valence-corrected chi connectivity index (χ2v) is 6.57. The summed E-state index contributed by atoms with van der Waals surface area (Å²) in [7, 11) is 0. The summed E-state index contributed by atoms with van der Waals surface area (Å²) in [6.45, 7) is 4.17. The molecule has 4 heteroatoms. The molecule has 21 heavy (non-hydrogen) atoms. The summed E-state index contributed by atoms with van der Waals surface area (Å²) < 4.78 is 1.52. The van der Waals surface area contributed by atoms with Crippen LogP contribution in [-0.2, 0) is 19.4 Å². The van der Waals surface area contributed by atoms with E-state index in [1.807, 2.05) is 32.0 Å². The molecule has 0 bridgehead atoms. The minimum atomic E-state index is -0.407. The molecule has 3 N–H and O–H groups in total. The van der Waals surface area contributed by atoms with Gasteiger partial charge >= 0.3 is 0 Å². The number of fused-ring (bicyclic) bond motifs is 3. The average molecular weight is 287 g/mol. The molecule has 0 radical (unpaired) electrons. The van der Waals surface area contributed by atoms with E-state index >= 15 is 0 Å². The quantitative estimate of drug-likeness (QED) is 0.813. The lowest BCUT2D eigenvalue weighted by Crippen LogP contribution is -2.23. The second-order valence-electron chi connectivity index (χ2n) is 6.57. The van der Waals surface area contributed by atoms with Gasteiger partial charge in [-0.1, -0.05) is 38.1 Å². The van der Waals surface area contributed by atoms with Crippen LogP contribution in [0.3, 0.4) is 0 Å². The van der Waals surface area contributed by atoms with E-state index in [1.54, 1.807) is 0 Å². The van der Waals surface area contributed by atoms with Crippen molar-refractivity contribution < 1.29 is 15.3 Å². The maximum Gasteiger partial charge on any atom is 0.202 e. The summed E-state index contributed by atoms with van der Waals surface area (Å²) >= 11 is 0. The molecule has 3 rings (SSSR count). The third-order valence-corrected chi connectivity index (χ3v) is 4.25. The van der Waals surface area contributed by atoms with Gasteiger partial charge in [-0.25, -0.2) is 0 Å². The van der Waals surface area contributed by atoms with Gasteiger partial charge in [0, 0.05) is 24.1 Å². The van der Waals surface area contributed by atoms with Gasteiger partial charge in [0.2, 0.25) is 5.88 Å². The number of nitrogens with zero attached hydrogens (tertiary/aromatic N) is 1. The van der Waals surface area contributed by atoms with Crippen molar-refractivity contribution in [2.45, 2.75) is 33.2 Å². The van der Waals surface area contributed by atoms with Crippen LogP contribution in [0.1, 0.15) is 25.0 Å². The van der Waals surface area contributed by atoms with E-state index in [4.69, 9.17) is 0 Å². The summed E-state index contributed by atoms with van der Waals surface area (Å²) in [6, 6.07) is 7.98. The van der Waals surface area contributed by atoms with Gasteiger partial charge in [0.25, 0.3) is 0 Å². The Kier molecular flexibility index (Phi) is 3.21. The number of rotatable bonds is 3. The molecule has 0 amide bonds. The minimum Gasteiger partial charge on any atom is -0.494 e. The Morgan fingerprint density at radius 1 is 1.10 bits per heavy atom. The Labute approximate surface area is 124 Å². The highest BCUT2D eigenvalue weighted by atomic mass is 16.3. The molecule has 0 unspecified atom stereocenters. The van der Waals surface area contributed by atoms with Crippen molar-refractivity contribution in [3.63, 3.8) is 0 Å².